The van der Waals surface area contributed by atoms with E-state index in [4.69, 9.17) is 16.3 Å². The molecule has 0 spiro atoms. The van der Waals surface area contributed by atoms with Gasteiger partial charge in [0.1, 0.15) is 0 Å². The molecule has 5 heteroatoms. The van der Waals surface area contributed by atoms with Crippen LogP contribution in [0.15, 0.2) is 40.1 Å². The number of halogens is 2. The predicted molar refractivity (Wildman–Crippen MR) is 100 cm³/mol. The Balaban J connectivity index is 2.52. The summed E-state index contributed by atoms with van der Waals surface area (Å²) in [6.45, 7) is 4.07. The lowest BCUT2D eigenvalue weighted by molar-refractivity contribution is 0.0595. The highest BCUT2D eigenvalue weighted by Crippen LogP contribution is 2.36. The van der Waals surface area contributed by atoms with Gasteiger partial charge in [0.25, 0.3) is 0 Å². The Morgan fingerprint density at radius 1 is 1.26 bits per heavy atom. The lowest BCUT2D eigenvalue weighted by Crippen LogP contribution is -2.10. The molecule has 0 heterocycles. The SMILES string of the molecule is COC(=O)c1c(Sc2ccc(Cl)cc2)cc(C)c(CCBr)c1C. The Morgan fingerprint density at radius 3 is 2.48 bits per heavy atom. The van der Waals surface area contributed by atoms with Crippen LogP contribution in [0.2, 0.25) is 5.02 Å². The second-order valence-electron chi connectivity index (χ2n) is 5.16. The number of alkyl halides is 1. The molecule has 2 nitrogen and oxygen atoms in total. The Morgan fingerprint density at radius 2 is 1.91 bits per heavy atom. The van der Waals surface area contributed by atoms with E-state index >= 15 is 0 Å². The first-order valence-electron chi connectivity index (χ1n) is 7.18. The molecule has 2 aromatic rings. The predicted octanol–water partition coefficient (Wildman–Crippen LogP) is 5.83. The summed E-state index contributed by atoms with van der Waals surface area (Å²) < 4.78 is 5.00. The van der Waals surface area contributed by atoms with Crippen LogP contribution in [0.4, 0.5) is 0 Å². The molecule has 0 saturated heterocycles. The van der Waals surface area contributed by atoms with Gasteiger partial charge in [-0.2, -0.15) is 0 Å². The minimum atomic E-state index is -0.296. The van der Waals surface area contributed by atoms with Crippen molar-refractivity contribution in [3.05, 3.63) is 57.6 Å². The number of aryl methyl sites for hydroxylation is 1. The van der Waals surface area contributed by atoms with Crippen LogP contribution in [-0.2, 0) is 11.2 Å². The van der Waals surface area contributed by atoms with Gasteiger partial charge in [-0.3, -0.25) is 0 Å². The van der Waals surface area contributed by atoms with E-state index in [1.54, 1.807) is 11.8 Å². The molecular formula is C18H18BrClO2S. The molecule has 0 bridgehead atoms. The molecule has 0 aromatic heterocycles. The molecule has 0 fully saturated rings. The number of hydrogen-bond acceptors (Lipinski definition) is 3. The van der Waals surface area contributed by atoms with Crippen LogP contribution in [0.1, 0.15) is 27.0 Å². The van der Waals surface area contributed by atoms with Crippen LogP contribution in [-0.4, -0.2) is 18.4 Å². The Hall–Kier alpha value is -0.970. The first-order chi connectivity index (χ1) is 11.0. The third-order valence-corrected chi connectivity index (χ3v) is 5.37. The number of hydrogen-bond donors (Lipinski definition) is 0. The summed E-state index contributed by atoms with van der Waals surface area (Å²) in [7, 11) is 1.42. The lowest BCUT2D eigenvalue weighted by Gasteiger charge is -2.17. The molecular weight excluding hydrogens is 396 g/mol. The Bertz CT molecular complexity index is 714. The second-order valence-corrected chi connectivity index (χ2v) is 7.50. The molecule has 2 aromatic carbocycles. The molecule has 0 aliphatic rings. The first kappa shape index (κ1) is 18.4. The van der Waals surface area contributed by atoms with Gasteiger partial charge in [-0.05, 0) is 67.3 Å². The normalized spacial score (nSPS) is 10.7. The van der Waals surface area contributed by atoms with Gasteiger partial charge in [-0.15, -0.1) is 0 Å². The number of esters is 1. The van der Waals surface area contributed by atoms with Crippen LogP contribution in [0.25, 0.3) is 0 Å². The topological polar surface area (TPSA) is 26.3 Å². The van der Waals surface area contributed by atoms with Gasteiger partial charge in [-0.25, -0.2) is 4.79 Å². The number of ether oxygens (including phenoxy) is 1. The summed E-state index contributed by atoms with van der Waals surface area (Å²) in [5.74, 6) is -0.296. The van der Waals surface area contributed by atoms with Gasteiger partial charge in [0.2, 0.25) is 0 Å². The number of carbonyl (C=O) groups is 1. The zero-order chi connectivity index (χ0) is 17.0. The van der Waals surface area contributed by atoms with E-state index in [9.17, 15) is 4.79 Å². The molecule has 2 rings (SSSR count). The van der Waals surface area contributed by atoms with Crippen molar-refractivity contribution in [3.8, 4) is 0 Å². The van der Waals surface area contributed by atoms with Crippen molar-refractivity contribution in [3.63, 3.8) is 0 Å². The maximum Gasteiger partial charge on any atom is 0.339 e. The van der Waals surface area contributed by atoms with Gasteiger partial charge in [0.05, 0.1) is 12.7 Å². The average Bonchev–Trinajstić information content (AvgIpc) is 2.53. The standard InChI is InChI=1S/C18H18BrClO2S/c1-11-10-16(23-14-6-4-13(20)5-7-14)17(18(21)22-3)12(2)15(11)8-9-19/h4-7,10H,8-9H2,1-3H3. The zero-order valence-electron chi connectivity index (χ0n) is 13.3. The van der Waals surface area contributed by atoms with Gasteiger partial charge in [-0.1, -0.05) is 39.3 Å². The molecule has 0 radical (unpaired) electrons. The van der Waals surface area contributed by atoms with E-state index in [0.29, 0.717) is 10.6 Å². The third-order valence-electron chi connectivity index (χ3n) is 3.67. The van der Waals surface area contributed by atoms with Crippen LogP contribution in [0.3, 0.4) is 0 Å². The van der Waals surface area contributed by atoms with E-state index in [1.807, 2.05) is 31.2 Å². The fourth-order valence-corrected chi connectivity index (χ4v) is 4.16. The minimum absolute atomic E-state index is 0.296. The summed E-state index contributed by atoms with van der Waals surface area (Å²) in [5, 5.41) is 1.56. The quantitative estimate of drug-likeness (QED) is 0.455. The van der Waals surface area contributed by atoms with Crippen molar-refractivity contribution < 1.29 is 9.53 Å². The molecule has 0 N–H and O–H groups in total. The fraction of sp³-hybridized carbons (Fsp3) is 0.278. The lowest BCUT2D eigenvalue weighted by atomic mass is 9.96. The van der Waals surface area contributed by atoms with Crippen molar-refractivity contribution in [2.24, 2.45) is 0 Å². The van der Waals surface area contributed by atoms with Crippen LogP contribution >= 0.6 is 39.3 Å². The number of benzene rings is 2. The first-order valence-corrected chi connectivity index (χ1v) is 9.50. The van der Waals surface area contributed by atoms with E-state index < -0.39 is 0 Å². The van der Waals surface area contributed by atoms with Gasteiger partial charge in [0.15, 0.2) is 0 Å². The van der Waals surface area contributed by atoms with E-state index in [-0.39, 0.29) is 5.97 Å². The molecule has 0 atom stereocenters. The smallest absolute Gasteiger partial charge is 0.339 e. The number of carbonyl (C=O) groups excluding carboxylic acids is 1. The Kier molecular flexibility index (Phi) is 6.57. The average molecular weight is 414 g/mol. The largest absolute Gasteiger partial charge is 0.465 e. The summed E-state index contributed by atoms with van der Waals surface area (Å²) in [6.07, 6.45) is 0.882. The molecule has 0 saturated carbocycles. The monoisotopic (exact) mass is 412 g/mol. The molecule has 0 unspecified atom stereocenters. The number of rotatable bonds is 5. The third kappa shape index (κ3) is 4.31. The van der Waals surface area contributed by atoms with Crippen molar-refractivity contribution in [1.82, 2.24) is 0 Å². The molecule has 0 aliphatic carbocycles. The van der Waals surface area contributed by atoms with Gasteiger partial charge >= 0.3 is 5.97 Å². The van der Waals surface area contributed by atoms with Gasteiger partial charge < -0.3 is 4.74 Å². The van der Waals surface area contributed by atoms with Crippen LogP contribution in [0.5, 0.6) is 0 Å². The summed E-state index contributed by atoms with van der Waals surface area (Å²) >= 11 is 11.0. The molecule has 0 aliphatic heterocycles. The maximum atomic E-state index is 12.3. The number of methoxy groups -OCH3 is 1. The molecule has 122 valence electrons. The van der Waals surface area contributed by atoms with Gasteiger partial charge in [0, 0.05) is 20.1 Å². The van der Waals surface area contributed by atoms with Crippen LogP contribution < -0.4 is 0 Å². The maximum absolute atomic E-state index is 12.3. The second kappa shape index (κ2) is 8.22. The molecule has 0 amide bonds. The minimum Gasteiger partial charge on any atom is -0.465 e. The van der Waals surface area contributed by atoms with Crippen molar-refractivity contribution in [1.29, 1.82) is 0 Å². The van der Waals surface area contributed by atoms with Crippen LogP contribution in [0, 0.1) is 13.8 Å². The van der Waals surface area contributed by atoms with E-state index in [2.05, 4.69) is 28.9 Å². The zero-order valence-corrected chi connectivity index (χ0v) is 16.4. The van der Waals surface area contributed by atoms with E-state index in [1.165, 1.54) is 18.2 Å². The molecule has 23 heavy (non-hydrogen) atoms. The highest BCUT2D eigenvalue weighted by Gasteiger charge is 2.20. The summed E-state index contributed by atoms with van der Waals surface area (Å²) in [6, 6.07) is 9.66. The van der Waals surface area contributed by atoms with Crippen molar-refractivity contribution in [2.75, 3.05) is 12.4 Å². The highest BCUT2D eigenvalue weighted by atomic mass is 79.9. The summed E-state index contributed by atoms with van der Waals surface area (Å²) in [4.78, 5) is 14.2. The van der Waals surface area contributed by atoms with E-state index in [0.717, 1.165) is 27.1 Å². The fourth-order valence-electron chi connectivity index (χ4n) is 2.53. The summed E-state index contributed by atoms with van der Waals surface area (Å²) in [5.41, 5.74) is 4.02. The van der Waals surface area contributed by atoms with Crippen molar-refractivity contribution >= 4 is 45.3 Å². The van der Waals surface area contributed by atoms with Crippen molar-refractivity contribution in [2.45, 2.75) is 30.1 Å². The Labute approximate surface area is 154 Å². The highest BCUT2D eigenvalue weighted by molar-refractivity contribution is 9.09.